The van der Waals surface area contributed by atoms with Gasteiger partial charge < -0.3 is 41.0 Å². The molecule has 2 aromatic rings. The maximum atomic E-state index is 14.4. The predicted molar refractivity (Wildman–Crippen MR) is 244 cm³/mol. The third kappa shape index (κ3) is 13.9. The van der Waals surface area contributed by atoms with Crippen LogP contribution in [0.5, 0.6) is 0 Å². The molecule has 340 valence electrons. The van der Waals surface area contributed by atoms with Crippen LogP contribution in [0, 0.1) is 23.7 Å². The number of methoxy groups -OCH3 is 2. The first kappa shape index (κ1) is 51.2. The Morgan fingerprint density at radius 3 is 2.05 bits per heavy atom. The van der Waals surface area contributed by atoms with Crippen LogP contribution in [0.15, 0.2) is 54.6 Å². The van der Waals surface area contributed by atoms with E-state index in [9.17, 15) is 24.0 Å². The minimum atomic E-state index is -0.898. The van der Waals surface area contributed by atoms with Gasteiger partial charge in [-0.1, -0.05) is 97.2 Å². The van der Waals surface area contributed by atoms with Crippen LogP contribution < -0.4 is 21.7 Å². The quantitative estimate of drug-likeness (QED) is 0.0856. The second-order valence-electron chi connectivity index (χ2n) is 17.1. The fourth-order valence-electron chi connectivity index (χ4n) is 8.44. The molecule has 0 bridgehead atoms. The molecule has 15 heteroatoms. The third-order valence-corrected chi connectivity index (χ3v) is 13.0. The van der Waals surface area contributed by atoms with Gasteiger partial charge in [-0.3, -0.25) is 24.0 Å². The van der Waals surface area contributed by atoms with Crippen molar-refractivity contribution >= 4 is 52.9 Å². The van der Waals surface area contributed by atoms with Crippen molar-refractivity contribution in [1.82, 2.24) is 24.7 Å². The van der Waals surface area contributed by atoms with Crippen molar-refractivity contribution < 1.29 is 33.4 Å². The minimum absolute atomic E-state index is 0.00621. The number of likely N-dealkylation sites (tertiary alicyclic amines) is 1. The lowest BCUT2D eigenvalue weighted by Gasteiger charge is -2.41. The van der Waals surface area contributed by atoms with Gasteiger partial charge in [0.2, 0.25) is 29.5 Å². The third-order valence-electron chi connectivity index (χ3n) is 12.2. The Bertz CT molecular complexity index is 1720. The number of nitrogen functional groups attached to an aromatic ring is 1. The molecule has 0 saturated carbocycles. The van der Waals surface area contributed by atoms with Crippen molar-refractivity contribution in [1.29, 1.82) is 0 Å². The SMILES string of the molecule is CC[C@H](C)[C@@H]([C@@H](CC(=O)N1CCC[C@H]1[C@H](OC)[C@@H](C)C(=O)N[C@@H](Cc1ccccc1)C(=O)Nc1ccc(N)cc1)OC)N(C)C(=O)[C@@H](NC(=O)[C@H](C(C)C)N(C)SC)C(C)C. The fourth-order valence-corrected chi connectivity index (χ4v) is 9.00. The zero-order valence-corrected chi connectivity index (χ0v) is 39.3. The van der Waals surface area contributed by atoms with Crippen molar-refractivity contribution in [2.45, 2.75) is 123 Å². The molecular weight excluding hydrogens is 795 g/mol. The first-order valence-corrected chi connectivity index (χ1v) is 22.8. The Balaban J connectivity index is 1.81. The Hall–Kier alpha value is -4.18. The first-order chi connectivity index (χ1) is 28.9. The topological polar surface area (TPSA) is 176 Å². The molecule has 0 unspecified atom stereocenters. The van der Waals surface area contributed by atoms with Gasteiger partial charge in [-0.2, -0.15) is 0 Å². The summed E-state index contributed by atoms with van der Waals surface area (Å²) in [6, 6.07) is 13.2. The van der Waals surface area contributed by atoms with Crippen LogP contribution in [0.2, 0.25) is 0 Å². The van der Waals surface area contributed by atoms with Crippen LogP contribution in [0.4, 0.5) is 11.4 Å². The van der Waals surface area contributed by atoms with Gasteiger partial charge >= 0.3 is 0 Å². The molecule has 5 N–H and O–H groups in total. The van der Waals surface area contributed by atoms with E-state index in [4.69, 9.17) is 15.2 Å². The summed E-state index contributed by atoms with van der Waals surface area (Å²) in [5.41, 5.74) is 7.83. The lowest BCUT2D eigenvalue weighted by Crippen LogP contribution is -2.59. The van der Waals surface area contributed by atoms with Gasteiger partial charge in [-0.15, -0.1) is 0 Å². The van der Waals surface area contributed by atoms with Gasteiger partial charge in [0.25, 0.3) is 0 Å². The van der Waals surface area contributed by atoms with Gasteiger partial charge in [-0.05, 0) is 73.7 Å². The Morgan fingerprint density at radius 1 is 0.869 bits per heavy atom. The fraction of sp³-hybridized carbons (Fsp3) is 0.630. The summed E-state index contributed by atoms with van der Waals surface area (Å²) >= 11 is 1.46. The molecule has 1 aliphatic heterocycles. The van der Waals surface area contributed by atoms with Crippen molar-refractivity contribution in [3.8, 4) is 0 Å². The van der Waals surface area contributed by atoms with Gasteiger partial charge in [0.05, 0.1) is 36.6 Å². The van der Waals surface area contributed by atoms with E-state index in [0.29, 0.717) is 24.3 Å². The smallest absolute Gasteiger partial charge is 0.247 e. The minimum Gasteiger partial charge on any atom is -0.399 e. The average molecular weight is 868 g/mol. The van der Waals surface area contributed by atoms with Crippen LogP contribution in [0.1, 0.15) is 79.7 Å². The van der Waals surface area contributed by atoms with Crippen molar-refractivity contribution in [3.05, 3.63) is 60.2 Å². The molecule has 14 nitrogen and oxygen atoms in total. The highest BCUT2D eigenvalue weighted by atomic mass is 32.2. The number of anilines is 2. The molecule has 61 heavy (non-hydrogen) atoms. The van der Waals surface area contributed by atoms with E-state index in [1.807, 2.05) is 89.5 Å². The molecule has 9 atom stereocenters. The van der Waals surface area contributed by atoms with E-state index < -0.39 is 48.3 Å². The van der Waals surface area contributed by atoms with E-state index >= 15 is 0 Å². The van der Waals surface area contributed by atoms with E-state index in [1.54, 1.807) is 55.1 Å². The van der Waals surface area contributed by atoms with Crippen LogP contribution in [-0.2, 0) is 39.9 Å². The molecule has 2 aromatic carbocycles. The lowest BCUT2D eigenvalue weighted by molar-refractivity contribution is -0.148. The molecule has 0 spiro atoms. The zero-order valence-electron chi connectivity index (χ0n) is 38.5. The molecule has 1 saturated heterocycles. The number of carbonyl (C=O) groups excluding carboxylic acids is 5. The summed E-state index contributed by atoms with van der Waals surface area (Å²) in [5.74, 6) is -2.34. The largest absolute Gasteiger partial charge is 0.399 e. The molecule has 1 heterocycles. The molecule has 0 aromatic heterocycles. The number of carbonyl (C=O) groups is 5. The number of ether oxygens (including phenoxy) is 2. The van der Waals surface area contributed by atoms with Crippen molar-refractivity contribution in [3.63, 3.8) is 0 Å². The second-order valence-corrected chi connectivity index (χ2v) is 18.0. The summed E-state index contributed by atoms with van der Waals surface area (Å²) in [6.45, 7) is 14.1. The van der Waals surface area contributed by atoms with Gasteiger partial charge in [0, 0.05) is 45.6 Å². The second kappa shape index (κ2) is 24.5. The average Bonchev–Trinajstić information content (AvgIpc) is 3.72. The van der Waals surface area contributed by atoms with Crippen LogP contribution >= 0.6 is 11.9 Å². The Kier molecular flexibility index (Phi) is 20.5. The lowest BCUT2D eigenvalue weighted by atomic mass is 9.89. The highest BCUT2D eigenvalue weighted by molar-refractivity contribution is 7.96. The van der Waals surface area contributed by atoms with Gasteiger partial charge in [-0.25, -0.2) is 4.31 Å². The van der Waals surface area contributed by atoms with E-state index in [-0.39, 0.29) is 60.1 Å². The summed E-state index contributed by atoms with van der Waals surface area (Å²) in [5, 5.41) is 8.94. The number of hydrogen-bond acceptors (Lipinski definition) is 10. The maximum absolute atomic E-state index is 14.4. The number of amides is 5. The molecular formula is C46H73N7O7S. The Morgan fingerprint density at radius 2 is 1.51 bits per heavy atom. The summed E-state index contributed by atoms with van der Waals surface area (Å²) in [7, 11) is 6.69. The van der Waals surface area contributed by atoms with Crippen LogP contribution in [0.25, 0.3) is 0 Å². The standard InChI is InChI=1S/C46H73N7O7S/c1-13-30(6)41(51(8)46(58)39(28(2)3)50-45(57)40(29(4)5)52(9)61-12)37(59-10)27-38(54)53-25-17-20-36(53)42(60-11)31(7)43(55)49-35(26-32-18-15-14-16-19-32)44(56)48-34-23-21-33(47)22-24-34/h14-16,18-19,21-24,28-31,35-37,39-42H,13,17,20,25-27,47H2,1-12H3,(H,48,56)(H,49,55)(H,50,57)/t30-,31+,35-,36-,37+,39-,40-,41-,42+/m0/s1. The summed E-state index contributed by atoms with van der Waals surface area (Å²) in [4.78, 5) is 73.5. The number of rotatable bonds is 23. The predicted octanol–water partition coefficient (Wildman–Crippen LogP) is 5.23. The molecule has 1 aliphatic rings. The van der Waals surface area contributed by atoms with Crippen molar-refractivity contribution in [2.24, 2.45) is 23.7 Å². The van der Waals surface area contributed by atoms with Gasteiger partial charge in [0.1, 0.15) is 18.1 Å². The van der Waals surface area contributed by atoms with E-state index in [0.717, 1.165) is 18.4 Å². The number of benzene rings is 2. The maximum Gasteiger partial charge on any atom is 0.247 e. The molecule has 5 amide bonds. The highest BCUT2D eigenvalue weighted by Crippen LogP contribution is 2.30. The van der Waals surface area contributed by atoms with Gasteiger partial charge in [0.15, 0.2) is 0 Å². The highest BCUT2D eigenvalue weighted by Gasteiger charge is 2.43. The zero-order chi connectivity index (χ0) is 45.6. The van der Waals surface area contributed by atoms with Crippen molar-refractivity contribution in [2.75, 3.05) is 52.2 Å². The number of nitrogens with two attached hydrogens (primary N) is 1. The Labute approximate surface area is 368 Å². The van der Waals surface area contributed by atoms with E-state index in [2.05, 4.69) is 16.0 Å². The van der Waals surface area contributed by atoms with Crippen LogP contribution in [0.3, 0.4) is 0 Å². The number of hydrogen-bond donors (Lipinski definition) is 4. The molecule has 1 fully saturated rings. The number of likely N-dealkylation sites (N-methyl/N-ethyl adjacent to an activating group) is 2. The van der Waals surface area contributed by atoms with E-state index in [1.165, 1.54) is 19.1 Å². The van der Waals surface area contributed by atoms with Crippen LogP contribution in [-0.4, -0.2) is 127 Å². The summed E-state index contributed by atoms with van der Waals surface area (Å²) < 4.78 is 14.0. The monoisotopic (exact) mass is 868 g/mol. The molecule has 0 aliphatic carbocycles. The molecule has 3 rings (SSSR count). The number of nitrogens with zero attached hydrogens (tertiary/aromatic N) is 3. The number of nitrogens with one attached hydrogen (secondary N) is 3. The first-order valence-electron chi connectivity index (χ1n) is 21.6. The normalized spacial score (nSPS) is 18.1. The summed E-state index contributed by atoms with van der Waals surface area (Å²) in [6.07, 6.45) is 2.90. The molecule has 0 radical (unpaired) electrons.